The molecule has 1 aromatic rings. The minimum absolute atomic E-state index is 0.140. The molecule has 0 saturated carbocycles. The van der Waals surface area contributed by atoms with Gasteiger partial charge in [-0.05, 0) is 12.5 Å². The molecule has 0 amide bonds. The van der Waals surface area contributed by atoms with Crippen LogP contribution in [0.4, 0.5) is 0 Å². The molecule has 0 unspecified atom stereocenters. The molecule has 1 aromatic carbocycles. The van der Waals surface area contributed by atoms with Gasteiger partial charge >= 0.3 is 0 Å². The Kier molecular flexibility index (Phi) is 2.81. The quantitative estimate of drug-likeness (QED) is 0.756. The lowest BCUT2D eigenvalue weighted by Crippen LogP contribution is -2.21. The normalized spacial score (nSPS) is 14.6. The summed E-state index contributed by atoms with van der Waals surface area (Å²) < 4.78 is 0. The second-order valence-electron chi connectivity index (χ2n) is 3.67. The van der Waals surface area contributed by atoms with E-state index in [1.807, 2.05) is 31.2 Å². The van der Waals surface area contributed by atoms with Crippen molar-refractivity contribution in [3.8, 4) is 0 Å². The molecule has 0 aliphatic carbocycles. The summed E-state index contributed by atoms with van der Waals surface area (Å²) in [6, 6.07) is 7.66. The third-order valence-corrected chi connectivity index (χ3v) is 2.52. The predicted molar refractivity (Wildman–Crippen MR) is 60.4 cm³/mol. The van der Waals surface area contributed by atoms with Crippen molar-refractivity contribution in [1.29, 1.82) is 0 Å². The van der Waals surface area contributed by atoms with Crippen LogP contribution >= 0.6 is 0 Å². The highest BCUT2D eigenvalue weighted by atomic mass is 16.1. The zero-order chi connectivity index (χ0) is 10.7. The van der Waals surface area contributed by atoms with Crippen LogP contribution in [0.15, 0.2) is 29.3 Å². The van der Waals surface area contributed by atoms with Crippen LogP contribution < -0.4 is 5.32 Å². The van der Waals surface area contributed by atoms with Crippen molar-refractivity contribution in [3.05, 3.63) is 35.4 Å². The lowest BCUT2D eigenvalue weighted by Gasteiger charge is -2.04. The first-order valence-electron chi connectivity index (χ1n) is 5.13. The van der Waals surface area contributed by atoms with E-state index in [-0.39, 0.29) is 5.78 Å². The summed E-state index contributed by atoms with van der Waals surface area (Å²) in [5.41, 5.74) is 1.83. The maximum atomic E-state index is 11.9. The Morgan fingerprint density at radius 2 is 2.27 bits per heavy atom. The fourth-order valence-corrected chi connectivity index (χ4v) is 1.70. The molecule has 0 saturated heterocycles. The predicted octanol–water partition coefficient (Wildman–Crippen LogP) is 1.57. The first-order valence-corrected chi connectivity index (χ1v) is 5.13. The van der Waals surface area contributed by atoms with Crippen LogP contribution in [0.3, 0.4) is 0 Å². The number of nitrogens with zero attached hydrogens (tertiary/aromatic N) is 1. The summed E-state index contributed by atoms with van der Waals surface area (Å²) in [4.78, 5) is 16.1. The number of ketones is 1. The van der Waals surface area contributed by atoms with E-state index in [4.69, 9.17) is 0 Å². The minimum atomic E-state index is 0.140. The van der Waals surface area contributed by atoms with Crippen molar-refractivity contribution in [3.63, 3.8) is 0 Å². The molecule has 0 spiro atoms. The number of rotatable bonds is 3. The Morgan fingerprint density at radius 1 is 1.47 bits per heavy atom. The summed E-state index contributed by atoms with van der Waals surface area (Å²) in [5, 5.41) is 3.11. The molecule has 15 heavy (non-hydrogen) atoms. The van der Waals surface area contributed by atoms with Crippen LogP contribution in [0.25, 0.3) is 0 Å². The van der Waals surface area contributed by atoms with Crippen molar-refractivity contribution < 1.29 is 4.79 Å². The highest BCUT2D eigenvalue weighted by molar-refractivity contribution is 6.09. The van der Waals surface area contributed by atoms with Crippen LogP contribution in [-0.2, 0) is 0 Å². The Hall–Kier alpha value is -1.64. The average Bonchev–Trinajstić information content (AvgIpc) is 2.71. The van der Waals surface area contributed by atoms with Gasteiger partial charge in [-0.15, -0.1) is 0 Å². The van der Waals surface area contributed by atoms with Crippen LogP contribution in [0.2, 0.25) is 0 Å². The second kappa shape index (κ2) is 4.26. The monoisotopic (exact) mass is 202 g/mol. The van der Waals surface area contributed by atoms with Crippen molar-refractivity contribution in [2.24, 2.45) is 4.99 Å². The number of aryl methyl sites for hydroxylation is 1. The van der Waals surface area contributed by atoms with Crippen LogP contribution in [0.5, 0.6) is 0 Å². The Balaban J connectivity index is 2.11. The van der Waals surface area contributed by atoms with E-state index in [0.717, 1.165) is 30.1 Å². The molecule has 1 aliphatic heterocycles. The number of hydrogen-bond donors (Lipinski definition) is 1. The molecule has 1 heterocycles. The van der Waals surface area contributed by atoms with Gasteiger partial charge in [-0.25, -0.2) is 0 Å². The van der Waals surface area contributed by atoms with E-state index in [1.165, 1.54) is 0 Å². The molecule has 1 N–H and O–H groups in total. The summed E-state index contributed by atoms with van der Waals surface area (Å²) in [6.45, 7) is 3.60. The van der Waals surface area contributed by atoms with E-state index < -0.39 is 0 Å². The molecule has 0 radical (unpaired) electrons. The number of Topliss-reactive ketones (excluding diaryl/α,β-unsaturated/α-hetero) is 1. The van der Waals surface area contributed by atoms with Crippen LogP contribution in [0, 0.1) is 6.92 Å². The first kappa shape index (κ1) is 9.90. The Morgan fingerprint density at radius 3 is 2.93 bits per heavy atom. The molecule has 3 nitrogen and oxygen atoms in total. The molecular formula is C12H14N2O. The molecule has 1 aliphatic rings. The lowest BCUT2D eigenvalue weighted by molar-refractivity contribution is 0.0999. The van der Waals surface area contributed by atoms with E-state index >= 15 is 0 Å². The third-order valence-electron chi connectivity index (χ3n) is 2.52. The minimum Gasteiger partial charge on any atom is -0.372 e. The number of amidine groups is 1. The van der Waals surface area contributed by atoms with Gasteiger partial charge in [-0.1, -0.05) is 24.3 Å². The number of hydrogen-bond acceptors (Lipinski definition) is 3. The van der Waals surface area contributed by atoms with Crippen molar-refractivity contribution in [2.45, 2.75) is 13.3 Å². The average molecular weight is 202 g/mol. The third kappa shape index (κ3) is 2.24. The van der Waals surface area contributed by atoms with Gasteiger partial charge in [0.25, 0.3) is 0 Å². The maximum absolute atomic E-state index is 11.9. The number of aliphatic imine (C=N–C) groups is 1. The van der Waals surface area contributed by atoms with Crippen molar-refractivity contribution >= 4 is 11.6 Å². The molecule has 0 aromatic heterocycles. The zero-order valence-electron chi connectivity index (χ0n) is 8.79. The van der Waals surface area contributed by atoms with Gasteiger partial charge in [0.1, 0.15) is 5.84 Å². The number of nitrogens with one attached hydrogen (secondary N) is 1. The molecule has 0 fully saturated rings. The van der Waals surface area contributed by atoms with Crippen molar-refractivity contribution in [1.82, 2.24) is 5.32 Å². The smallest absolute Gasteiger partial charge is 0.170 e. The van der Waals surface area contributed by atoms with E-state index in [1.54, 1.807) is 0 Å². The number of carbonyl (C=O) groups excluding carboxylic acids is 1. The van der Waals surface area contributed by atoms with E-state index in [0.29, 0.717) is 6.42 Å². The fraction of sp³-hybridized carbons (Fsp3) is 0.333. The molecule has 0 bridgehead atoms. The Bertz CT molecular complexity index is 410. The first-order chi connectivity index (χ1) is 7.27. The molecule has 78 valence electrons. The van der Waals surface area contributed by atoms with Crippen LogP contribution in [-0.4, -0.2) is 24.7 Å². The molecular weight excluding hydrogens is 188 g/mol. The van der Waals surface area contributed by atoms with Gasteiger partial charge in [-0.3, -0.25) is 9.79 Å². The van der Waals surface area contributed by atoms with Gasteiger partial charge in [0.2, 0.25) is 0 Å². The molecule has 0 atom stereocenters. The summed E-state index contributed by atoms with van der Waals surface area (Å²) >= 11 is 0. The standard InChI is InChI=1S/C12H14N2O/c1-9-4-2-3-5-10(9)11(15)8-12-13-6-7-14-12/h2-5H,6-8H2,1H3,(H,13,14). The molecule has 2 rings (SSSR count). The van der Waals surface area contributed by atoms with E-state index in [9.17, 15) is 4.79 Å². The second-order valence-corrected chi connectivity index (χ2v) is 3.67. The fourth-order valence-electron chi connectivity index (χ4n) is 1.70. The molecule has 3 heteroatoms. The zero-order valence-corrected chi connectivity index (χ0v) is 8.79. The SMILES string of the molecule is Cc1ccccc1C(=O)CC1=NCCN1. The van der Waals surface area contributed by atoms with Gasteiger partial charge in [-0.2, -0.15) is 0 Å². The maximum Gasteiger partial charge on any atom is 0.170 e. The largest absolute Gasteiger partial charge is 0.372 e. The topological polar surface area (TPSA) is 41.5 Å². The highest BCUT2D eigenvalue weighted by Crippen LogP contribution is 2.10. The van der Waals surface area contributed by atoms with Gasteiger partial charge in [0.15, 0.2) is 5.78 Å². The Labute approximate surface area is 89.2 Å². The van der Waals surface area contributed by atoms with Crippen LogP contribution in [0.1, 0.15) is 22.3 Å². The number of carbonyl (C=O) groups is 1. The van der Waals surface area contributed by atoms with Gasteiger partial charge in [0.05, 0.1) is 13.0 Å². The summed E-state index contributed by atoms with van der Waals surface area (Å²) in [6.07, 6.45) is 0.394. The highest BCUT2D eigenvalue weighted by Gasteiger charge is 2.13. The summed E-state index contributed by atoms with van der Waals surface area (Å²) in [7, 11) is 0. The lowest BCUT2D eigenvalue weighted by atomic mass is 10.0. The van der Waals surface area contributed by atoms with Gasteiger partial charge < -0.3 is 5.32 Å². The van der Waals surface area contributed by atoms with Gasteiger partial charge in [0, 0.05) is 12.1 Å². The van der Waals surface area contributed by atoms with Crippen molar-refractivity contribution in [2.75, 3.05) is 13.1 Å². The number of benzene rings is 1. The summed E-state index contributed by atoms with van der Waals surface area (Å²) in [5.74, 6) is 0.963. The van der Waals surface area contributed by atoms with E-state index in [2.05, 4.69) is 10.3 Å².